The standard InChI is InChI=1S/C21H23N7O/c1-29-17-9-15(10-17)5-6-21-25-20(12-27-14-23-13-24-27)26-28(21)19-4-2-3-16-11-22-8-7-18(16)19/h2-4,7-8,11,13-15,17H,5-6,9-10,12H2,1H3. The summed E-state index contributed by atoms with van der Waals surface area (Å²) in [5, 5.41) is 11.2. The highest BCUT2D eigenvalue weighted by molar-refractivity contribution is 5.89. The van der Waals surface area contributed by atoms with E-state index < -0.39 is 0 Å². The molecular weight excluding hydrogens is 366 g/mol. The minimum Gasteiger partial charge on any atom is -0.381 e. The van der Waals surface area contributed by atoms with E-state index in [2.05, 4.69) is 27.2 Å². The highest BCUT2D eigenvalue weighted by atomic mass is 16.5. The van der Waals surface area contributed by atoms with Crippen molar-refractivity contribution >= 4 is 10.8 Å². The minimum atomic E-state index is 0.423. The lowest BCUT2D eigenvalue weighted by Crippen LogP contribution is -2.30. The summed E-state index contributed by atoms with van der Waals surface area (Å²) in [6, 6.07) is 8.22. The molecule has 5 rings (SSSR count). The van der Waals surface area contributed by atoms with Crippen molar-refractivity contribution in [3.63, 3.8) is 0 Å². The normalized spacial score (nSPS) is 18.8. The van der Waals surface area contributed by atoms with Crippen LogP contribution in [-0.4, -0.2) is 47.7 Å². The van der Waals surface area contributed by atoms with Crippen LogP contribution in [0.25, 0.3) is 16.5 Å². The van der Waals surface area contributed by atoms with Gasteiger partial charge in [0, 0.05) is 36.7 Å². The van der Waals surface area contributed by atoms with Crippen molar-refractivity contribution < 1.29 is 4.74 Å². The molecule has 0 saturated heterocycles. The van der Waals surface area contributed by atoms with Gasteiger partial charge in [-0.15, -0.1) is 5.10 Å². The van der Waals surface area contributed by atoms with Crippen LogP contribution in [-0.2, 0) is 17.7 Å². The molecule has 0 spiro atoms. The third-order valence-corrected chi connectivity index (χ3v) is 5.68. The van der Waals surface area contributed by atoms with Crippen LogP contribution in [0.3, 0.4) is 0 Å². The summed E-state index contributed by atoms with van der Waals surface area (Å²) in [7, 11) is 1.79. The van der Waals surface area contributed by atoms with Crippen molar-refractivity contribution in [1.82, 2.24) is 34.5 Å². The molecule has 0 aliphatic heterocycles. The fourth-order valence-corrected chi connectivity index (χ4v) is 4.00. The summed E-state index contributed by atoms with van der Waals surface area (Å²) in [5.41, 5.74) is 1.03. The number of hydrogen-bond donors (Lipinski definition) is 0. The van der Waals surface area contributed by atoms with Gasteiger partial charge in [0.25, 0.3) is 0 Å². The molecule has 0 amide bonds. The van der Waals surface area contributed by atoms with E-state index in [1.165, 1.54) is 6.33 Å². The zero-order valence-electron chi connectivity index (χ0n) is 16.3. The third-order valence-electron chi connectivity index (χ3n) is 5.68. The molecule has 1 aliphatic rings. The zero-order valence-corrected chi connectivity index (χ0v) is 16.3. The Balaban J connectivity index is 1.47. The maximum Gasteiger partial charge on any atom is 0.172 e. The summed E-state index contributed by atoms with van der Waals surface area (Å²) in [5.74, 6) is 2.41. The van der Waals surface area contributed by atoms with E-state index in [1.54, 1.807) is 18.1 Å². The molecule has 0 unspecified atom stereocenters. The molecule has 8 nitrogen and oxygen atoms in total. The van der Waals surface area contributed by atoms with E-state index in [-0.39, 0.29) is 0 Å². The van der Waals surface area contributed by atoms with Gasteiger partial charge in [0.15, 0.2) is 5.82 Å². The Kier molecular flexibility index (Phi) is 4.77. The molecule has 0 bridgehead atoms. The van der Waals surface area contributed by atoms with E-state index in [1.807, 2.05) is 29.2 Å². The summed E-state index contributed by atoms with van der Waals surface area (Å²) in [6.45, 7) is 0.501. The minimum absolute atomic E-state index is 0.423. The average molecular weight is 389 g/mol. The van der Waals surface area contributed by atoms with E-state index in [0.717, 1.165) is 53.8 Å². The van der Waals surface area contributed by atoms with E-state index in [0.29, 0.717) is 18.6 Å². The first-order valence-corrected chi connectivity index (χ1v) is 9.93. The third kappa shape index (κ3) is 3.63. The highest BCUT2D eigenvalue weighted by Crippen LogP contribution is 2.33. The summed E-state index contributed by atoms with van der Waals surface area (Å²) in [4.78, 5) is 13.1. The van der Waals surface area contributed by atoms with Gasteiger partial charge in [0.05, 0.1) is 11.8 Å². The molecule has 29 heavy (non-hydrogen) atoms. The van der Waals surface area contributed by atoms with Crippen LogP contribution in [0.5, 0.6) is 0 Å². The molecule has 148 valence electrons. The molecule has 1 aliphatic carbocycles. The van der Waals surface area contributed by atoms with Crippen molar-refractivity contribution in [2.45, 2.75) is 38.3 Å². The van der Waals surface area contributed by atoms with Crippen molar-refractivity contribution in [2.24, 2.45) is 5.92 Å². The van der Waals surface area contributed by atoms with Crippen LogP contribution in [0.15, 0.2) is 49.3 Å². The van der Waals surface area contributed by atoms with Crippen molar-refractivity contribution in [3.05, 3.63) is 61.0 Å². The number of aromatic nitrogens is 7. The van der Waals surface area contributed by atoms with Crippen LogP contribution >= 0.6 is 0 Å². The molecular formula is C21H23N7O. The second-order valence-corrected chi connectivity index (χ2v) is 7.56. The van der Waals surface area contributed by atoms with E-state index >= 15 is 0 Å². The SMILES string of the molecule is COC1CC(CCc2nc(Cn3cncn3)nn2-c2cccc3cnccc23)C1. The quantitative estimate of drug-likeness (QED) is 0.483. The first-order valence-electron chi connectivity index (χ1n) is 9.93. The number of aryl methyl sites for hydroxylation is 1. The largest absolute Gasteiger partial charge is 0.381 e. The van der Waals surface area contributed by atoms with Gasteiger partial charge in [0.2, 0.25) is 0 Å². The lowest BCUT2D eigenvalue weighted by atomic mass is 9.79. The summed E-state index contributed by atoms with van der Waals surface area (Å²) < 4.78 is 9.15. The van der Waals surface area contributed by atoms with Crippen molar-refractivity contribution in [3.8, 4) is 5.69 Å². The molecule has 0 radical (unpaired) electrons. The molecule has 1 saturated carbocycles. The number of pyridine rings is 1. The number of ether oxygens (including phenoxy) is 1. The monoisotopic (exact) mass is 389 g/mol. The van der Waals surface area contributed by atoms with Gasteiger partial charge >= 0.3 is 0 Å². The predicted octanol–water partition coefficient (Wildman–Crippen LogP) is 2.81. The predicted molar refractivity (Wildman–Crippen MR) is 108 cm³/mol. The molecule has 3 heterocycles. The summed E-state index contributed by atoms with van der Waals surface area (Å²) in [6.07, 6.45) is 11.6. The van der Waals surface area contributed by atoms with Crippen LogP contribution in [0.4, 0.5) is 0 Å². The number of rotatable bonds is 7. The Morgan fingerprint density at radius 2 is 2.10 bits per heavy atom. The first-order chi connectivity index (χ1) is 14.3. The van der Waals surface area contributed by atoms with Gasteiger partial charge in [-0.3, -0.25) is 4.98 Å². The van der Waals surface area contributed by atoms with Crippen molar-refractivity contribution in [2.75, 3.05) is 7.11 Å². The Labute approximate surface area is 168 Å². The van der Waals surface area contributed by atoms with Crippen LogP contribution in [0, 0.1) is 5.92 Å². The number of methoxy groups -OCH3 is 1. The smallest absolute Gasteiger partial charge is 0.172 e. The Bertz CT molecular complexity index is 1090. The topological polar surface area (TPSA) is 83.5 Å². The lowest BCUT2D eigenvalue weighted by molar-refractivity contribution is -0.00156. The Morgan fingerprint density at radius 1 is 1.17 bits per heavy atom. The molecule has 1 aromatic carbocycles. The molecule has 0 atom stereocenters. The van der Waals surface area contributed by atoms with E-state index in [9.17, 15) is 0 Å². The molecule has 3 aromatic heterocycles. The van der Waals surface area contributed by atoms with Crippen LogP contribution in [0.2, 0.25) is 0 Å². The number of nitrogens with zero attached hydrogens (tertiary/aromatic N) is 7. The van der Waals surface area contributed by atoms with Gasteiger partial charge in [0.1, 0.15) is 25.0 Å². The number of benzene rings is 1. The molecule has 0 N–H and O–H groups in total. The first kappa shape index (κ1) is 17.9. The van der Waals surface area contributed by atoms with Gasteiger partial charge in [-0.2, -0.15) is 5.10 Å². The highest BCUT2D eigenvalue weighted by Gasteiger charge is 2.29. The second kappa shape index (κ2) is 7.71. The van der Waals surface area contributed by atoms with E-state index in [4.69, 9.17) is 14.8 Å². The molecule has 4 aromatic rings. The molecule has 1 fully saturated rings. The Morgan fingerprint density at radius 3 is 2.93 bits per heavy atom. The van der Waals surface area contributed by atoms with Gasteiger partial charge in [-0.05, 0) is 37.3 Å². The fourth-order valence-electron chi connectivity index (χ4n) is 4.00. The lowest BCUT2D eigenvalue weighted by Gasteiger charge is -2.34. The molecule has 8 heteroatoms. The fraction of sp³-hybridized carbons (Fsp3) is 0.381. The van der Waals surface area contributed by atoms with Crippen molar-refractivity contribution in [1.29, 1.82) is 0 Å². The maximum absolute atomic E-state index is 5.42. The summed E-state index contributed by atoms with van der Waals surface area (Å²) >= 11 is 0. The van der Waals surface area contributed by atoms with Crippen LogP contribution < -0.4 is 0 Å². The van der Waals surface area contributed by atoms with Gasteiger partial charge < -0.3 is 4.74 Å². The Hall–Kier alpha value is -3.13. The van der Waals surface area contributed by atoms with Gasteiger partial charge in [-0.1, -0.05) is 12.1 Å². The van der Waals surface area contributed by atoms with Gasteiger partial charge in [-0.25, -0.2) is 19.3 Å². The van der Waals surface area contributed by atoms with Crippen LogP contribution in [0.1, 0.15) is 30.9 Å². The zero-order chi connectivity index (χ0) is 19.6. The maximum atomic E-state index is 5.42. The number of fused-ring (bicyclic) bond motifs is 1. The average Bonchev–Trinajstić information content (AvgIpc) is 3.37. The second-order valence-electron chi connectivity index (χ2n) is 7.56. The number of hydrogen-bond acceptors (Lipinski definition) is 6.